The molecule has 0 spiro atoms. The van der Waals surface area contributed by atoms with Crippen LogP contribution in [0.15, 0.2) is 30.6 Å². The van der Waals surface area contributed by atoms with Gasteiger partial charge < -0.3 is 14.6 Å². The lowest BCUT2D eigenvalue weighted by Gasteiger charge is -2.20. The summed E-state index contributed by atoms with van der Waals surface area (Å²) in [7, 11) is 1.69. The van der Waals surface area contributed by atoms with Crippen LogP contribution in [0.3, 0.4) is 0 Å². The lowest BCUT2D eigenvalue weighted by Crippen LogP contribution is -2.26. The molecular weight excluding hydrogens is 262 g/mol. The maximum atomic E-state index is 5.24. The van der Waals surface area contributed by atoms with Crippen molar-refractivity contribution in [1.29, 1.82) is 0 Å². The summed E-state index contributed by atoms with van der Waals surface area (Å²) in [6, 6.07) is 8.57. The molecule has 1 atom stereocenters. The number of imidazole rings is 1. The minimum absolute atomic E-state index is 0.281. The van der Waals surface area contributed by atoms with E-state index in [2.05, 4.69) is 40.8 Å². The Morgan fingerprint density at radius 1 is 1.24 bits per heavy atom. The molecule has 2 rings (SSSR count). The number of rotatable bonds is 7. The van der Waals surface area contributed by atoms with Gasteiger partial charge in [-0.1, -0.05) is 19.1 Å². The number of benzene rings is 1. The molecule has 1 heterocycles. The maximum Gasteiger partial charge on any atom is 0.118 e. The van der Waals surface area contributed by atoms with Gasteiger partial charge in [0.2, 0.25) is 0 Å². The number of hydrogen-bond acceptors (Lipinski definition) is 3. The fourth-order valence-corrected chi connectivity index (χ4v) is 2.37. The van der Waals surface area contributed by atoms with Gasteiger partial charge in [0.25, 0.3) is 0 Å². The average molecular weight is 287 g/mol. The van der Waals surface area contributed by atoms with Crippen LogP contribution in [0.4, 0.5) is 0 Å². The predicted octanol–water partition coefficient (Wildman–Crippen LogP) is 3.25. The highest BCUT2D eigenvalue weighted by Crippen LogP contribution is 2.20. The fraction of sp³-hybridized carbons (Fsp3) is 0.471. The first-order chi connectivity index (χ1) is 10.2. The highest BCUT2D eigenvalue weighted by Gasteiger charge is 2.13. The van der Waals surface area contributed by atoms with Crippen LogP contribution in [0.1, 0.15) is 36.3 Å². The van der Waals surface area contributed by atoms with Gasteiger partial charge in [-0.25, -0.2) is 4.98 Å². The zero-order valence-electron chi connectivity index (χ0n) is 13.4. The molecule has 21 heavy (non-hydrogen) atoms. The molecule has 1 N–H and O–H groups in total. The summed E-state index contributed by atoms with van der Waals surface area (Å²) in [6.07, 6.45) is 3.05. The zero-order valence-corrected chi connectivity index (χ0v) is 13.4. The number of nitrogens with zero attached hydrogens (tertiary/aromatic N) is 2. The van der Waals surface area contributed by atoms with Gasteiger partial charge in [-0.05, 0) is 44.5 Å². The van der Waals surface area contributed by atoms with E-state index in [4.69, 9.17) is 4.74 Å². The van der Waals surface area contributed by atoms with Crippen LogP contribution in [0, 0.1) is 13.8 Å². The first-order valence-electron chi connectivity index (χ1n) is 7.51. The SMILES string of the molecule is CCCNC(Cn1cnc(C)c1C)c1ccc(OC)cc1. The van der Waals surface area contributed by atoms with E-state index >= 15 is 0 Å². The molecule has 4 heteroatoms. The maximum absolute atomic E-state index is 5.24. The Bertz CT molecular complexity index is 560. The Kier molecular flexibility index (Phi) is 5.39. The van der Waals surface area contributed by atoms with Gasteiger partial charge in [-0.3, -0.25) is 0 Å². The molecule has 4 nitrogen and oxygen atoms in total. The van der Waals surface area contributed by atoms with E-state index in [0.29, 0.717) is 0 Å². The third kappa shape index (κ3) is 3.85. The van der Waals surface area contributed by atoms with Gasteiger partial charge in [0, 0.05) is 12.2 Å². The van der Waals surface area contributed by atoms with Gasteiger partial charge in [0.05, 0.1) is 25.2 Å². The largest absolute Gasteiger partial charge is 0.497 e. The van der Waals surface area contributed by atoms with Crippen LogP contribution in [-0.2, 0) is 6.54 Å². The monoisotopic (exact) mass is 287 g/mol. The molecule has 0 aliphatic carbocycles. The number of ether oxygens (including phenoxy) is 1. The quantitative estimate of drug-likeness (QED) is 0.849. The van der Waals surface area contributed by atoms with Gasteiger partial charge in [-0.2, -0.15) is 0 Å². The second-order valence-electron chi connectivity index (χ2n) is 5.35. The third-order valence-electron chi connectivity index (χ3n) is 3.88. The first-order valence-corrected chi connectivity index (χ1v) is 7.51. The van der Waals surface area contributed by atoms with Crippen molar-refractivity contribution in [1.82, 2.24) is 14.9 Å². The van der Waals surface area contributed by atoms with E-state index in [9.17, 15) is 0 Å². The molecule has 0 bridgehead atoms. The standard InChI is InChI=1S/C17H25N3O/c1-5-10-18-17(11-20-12-19-13(2)14(20)3)15-6-8-16(21-4)9-7-15/h6-9,12,17-18H,5,10-11H2,1-4H3. The fourth-order valence-electron chi connectivity index (χ4n) is 2.37. The van der Waals surface area contributed by atoms with Crippen molar-refractivity contribution in [2.24, 2.45) is 0 Å². The van der Waals surface area contributed by atoms with E-state index in [0.717, 1.165) is 31.0 Å². The van der Waals surface area contributed by atoms with Gasteiger partial charge >= 0.3 is 0 Å². The zero-order chi connectivity index (χ0) is 15.2. The lowest BCUT2D eigenvalue weighted by molar-refractivity contribution is 0.413. The molecule has 0 radical (unpaired) electrons. The summed E-state index contributed by atoms with van der Waals surface area (Å²) in [5.41, 5.74) is 3.60. The van der Waals surface area contributed by atoms with E-state index < -0.39 is 0 Å². The topological polar surface area (TPSA) is 39.1 Å². The smallest absolute Gasteiger partial charge is 0.118 e. The van der Waals surface area contributed by atoms with E-state index in [1.54, 1.807) is 7.11 Å². The van der Waals surface area contributed by atoms with Crippen molar-refractivity contribution < 1.29 is 4.74 Å². The lowest BCUT2D eigenvalue weighted by atomic mass is 10.1. The average Bonchev–Trinajstić information content (AvgIpc) is 2.83. The molecule has 114 valence electrons. The second-order valence-corrected chi connectivity index (χ2v) is 5.35. The number of nitrogens with one attached hydrogen (secondary N) is 1. The van der Waals surface area contributed by atoms with Gasteiger partial charge in [0.1, 0.15) is 5.75 Å². The molecule has 0 aliphatic rings. The summed E-state index contributed by atoms with van der Waals surface area (Å²) in [4.78, 5) is 4.39. The van der Waals surface area contributed by atoms with Crippen LogP contribution in [0.2, 0.25) is 0 Å². The molecule has 0 saturated carbocycles. The molecule has 0 aliphatic heterocycles. The summed E-state index contributed by atoms with van der Waals surface area (Å²) >= 11 is 0. The summed E-state index contributed by atoms with van der Waals surface area (Å²) < 4.78 is 7.45. The highest BCUT2D eigenvalue weighted by molar-refractivity contribution is 5.29. The van der Waals surface area contributed by atoms with Crippen molar-refractivity contribution >= 4 is 0 Å². The summed E-state index contributed by atoms with van der Waals surface area (Å²) in [5.74, 6) is 0.891. The predicted molar refractivity (Wildman–Crippen MR) is 85.7 cm³/mol. The molecule has 2 aromatic rings. The van der Waals surface area contributed by atoms with Crippen molar-refractivity contribution in [2.75, 3.05) is 13.7 Å². The molecule has 0 saturated heterocycles. The van der Waals surface area contributed by atoms with Gasteiger partial charge in [-0.15, -0.1) is 0 Å². The summed E-state index contributed by atoms with van der Waals surface area (Å²) in [5, 5.41) is 3.62. The van der Waals surface area contributed by atoms with Crippen LogP contribution >= 0.6 is 0 Å². The normalized spacial score (nSPS) is 12.4. The number of hydrogen-bond donors (Lipinski definition) is 1. The van der Waals surface area contributed by atoms with Crippen molar-refractivity contribution in [3.63, 3.8) is 0 Å². The Balaban J connectivity index is 2.18. The Morgan fingerprint density at radius 3 is 2.48 bits per heavy atom. The molecule has 1 unspecified atom stereocenters. The minimum Gasteiger partial charge on any atom is -0.497 e. The molecule has 0 fully saturated rings. The highest BCUT2D eigenvalue weighted by atomic mass is 16.5. The Morgan fingerprint density at radius 2 is 1.95 bits per heavy atom. The summed E-state index contributed by atoms with van der Waals surface area (Å²) in [6.45, 7) is 8.24. The van der Waals surface area contributed by atoms with Crippen LogP contribution in [0.5, 0.6) is 5.75 Å². The van der Waals surface area contributed by atoms with E-state index in [1.807, 2.05) is 25.4 Å². The number of aromatic nitrogens is 2. The molecule has 1 aromatic heterocycles. The second kappa shape index (κ2) is 7.27. The Hall–Kier alpha value is -1.81. The molecular formula is C17H25N3O. The number of aryl methyl sites for hydroxylation is 1. The molecule has 0 amide bonds. The van der Waals surface area contributed by atoms with Crippen molar-refractivity contribution in [3.05, 3.63) is 47.5 Å². The van der Waals surface area contributed by atoms with E-state index in [-0.39, 0.29) is 6.04 Å². The Labute approximate surface area is 127 Å². The van der Waals surface area contributed by atoms with Gasteiger partial charge in [0.15, 0.2) is 0 Å². The molecule has 1 aromatic carbocycles. The van der Waals surface area contributed by atoms with Crippen LogP contribution in [-0.4, -0.2) is 23.2 Å². The van der Waals surface area contributed by atoms with Crippen molar-refractivity contribution in [2.45, 2.75) is 39.8 Å². The van der Waals surface area contributed by atoms with Crippen LogP contribution < -0.4 is 10.1 Å². The van der Waals surface area contributed by atoms with Crippen LogP contribution in [0.25, 0.3) is 0 Å². The third-order valence-corrected chi connectivity index (χ3v) is 3.88. The van der Waals surface area contributed by atoms with Crippen molar-refractivity contribution in [3.8, 4) is 5.75 Å². The minimum atomic E-state index is 0.281. The first kappa shape index (κ1) is 15.6. The van der Waals surface area contributed by atoms with E-state index in [1.165, 1.54) is 11.3 Å². The number of methoxy groups -OCH3 is 1.